The lowest BCUT2D eigenvalue weighted by Gasteiger charge is -2.08. The molecule has 0 bridgehead atoms. The van der Waals surface area contributed by atoms with Crippen molar-refractivity contribution in [3.05, 3.63) is 57.3 Å². The molecule has 0 radical (unpaired) electrons. The van der Waals surface area contributed by atoms with Crippen LogP contribution in [0.15, 0.2) is 40.9 Å². The predicted octanol–water partition coefficient (Wildman–Crippen LogP) is 5.02. The van der Waals surface area contributed by atoms with Gasteiger partial charge in [-0.25, -0.2) is 4.39 Å². The molecule has 0 amide bonds. The van der Waals surface area contributed by atoms with Crippen LogP contribution in [-0.2, 0) is 6.54 Å². The molecule has 0 saturated heterocycles. The zero-order valence-corrected chi connectivity index (χ0v) is 12.9. The molecular weight excluding hydrogens is 329 g/mol. The zero-order valence-electron chi connectivity index (χ0n) is 10.5. The van der Waals surface area contributed by atoms with Crippen LogP contribution < -0.4 is 5.32 Å². The van der Waals surface area contributed by atoms with E-state index < -0.39 is 5.82 Å². The third-order valence-corrected chi connectivity index (χ3v) is 4.14. The first-order valence-corrected chi connectivity index (χ1v) is 7.24. The number of benzene rings is 2. The van der Waals surface area contributed by atoms with E-state index in [1.165, 1.54) is 5.56 Å². The van der Waals surface area contributed by atoms with Gasteiger partial charge in [-0.3, -0.25) is 0 Å². The summed E-state index contributed by atoms with van der Waals surface area (Å²) in [7, 11) is 0. The average molecular weight is 343 g/mol. The van der Waals surface area contributed by atoms with Crippen molar-refractivity contribution in [2.45, 2.75) is 13.5 Å². The quantitative estimate of drug-likeness (QED) is 0.769. The Morgan fingerprint density at radius 1 is 1.16 bits per heavy atom. The van der Waals surface area contributed by atoms with Crippen molar-refractivity contribution in [1.82, 2.24) is 5.32 Å². The Kier molecular flexibility index (Phi) is 4.97. The second-order valence-electron chi connectivity index (χ2n) is 4.20. The van der Waals surface area contributed by atoms with Gasteiger partial charge in [-0.1, -0.05) is 48.9 Å². The molecular formula is C15H14BrClFN. The first kappa shape index (κ1) is 14.5. The monoisotopic (exact) mass is 341 g/mol. The van der Waals surface area contributed by atoms with Crippen LogP contribution in [0.2, 0.25) is 5.02 Å². The van der Waals surface area contributed by atoms with Crippen molar-refractivity contribution in [2.75, 3.05) is 6.54 Å². The van der Waals surface area contributed by atoms with E-state index in [-0.39, 0.29) is 5.02 Å². The highest BCUT2D eigenvalue weighted by Crippen LogP contribution is 2.33. The molecule has 100 valence electrons. The Morgan fingerprint density at radius 2 is 1.84 bits per heavy atom. The highest BCUT2D eigenvalue weighted by Gasteiger charge is 2.11. The van der Waals surface area contributed by atoms with E-state index in [0.717, 1.165) is 18.7 Å². The SMILES string of the molecule is CCNCc1ccc(-c2ccc(Br)c(Cl)c2F)cc1. The second kappa shape index (κ2) is 6.51. The maximum Gasteiger partial charge on any atom is 0.150 e. The number of halogens is 3. The molecule has 0 aliphatic rings. The van der Waals surface area contributed by atoms with Gasteiger partial charge in [-0.05, 0) is 39.7 Å². The number of nitrogens with one attached hydrogen (secondary N) is 1. The van der Waals surface area contributed by atoms with Gasteiger partial charge in [-0.15, -0.1) is 0 Å². The first-order valence-electron chi connectivity index (χ1n) is 6.07. The van der Waals surface area contributed by atoms with Crippen LogP contribution in [-0.4, -0.2) is 6.54 Å². The van der Waals surface area contributed by atoms with Crippen LogP contribution in [0.25, 0.3) is 11.1 Å². The molecule has 4 heteroatoms. The van der Waals surface area contributed by atoms with Crippen LogP contribution in [0.3, 0.4) is 0 Å². The van der Waals surface area contributed by atoms with Gasteiger partial charge in [-0.2, -0.15) is 0 Å². The van der Waals surface area contributed by atoms with Gasteiger partial charge in [0.2, 0.25) is 0 Å². The summed E-state index contributed by atoms with van der Waals surface area (Å²) in [5.74, 6) is -0.393. The molecule has 2 aromatic carbocycles. The summed E-state index contributed by atoms with van der Waals surface area (Å²) in [4.78, 5) is 0. The normalized spacial score (nSPS) is 10.7. The van der Waals surface area contributed by atoms with Crippen LogP contribution in [0.1, 0.15) is 12.5 Å². The maximum absolute atomic E-state index is 14.1. The lowest BCUT2D eigenvalue weighted by molar-refractivity contribution is 0.631. The van der Waals surface area contributed by atoms with Crippen molar-refractivity contribution < 1.29 is 4.39 Å². The second-order valence-corrected chi connectivity index (χ2v) is 5.43. The van der Waals surface area contributed by atoms with Crippen LogP contribution in [0.5, 0.6) is 0 Å². The molecule has 0 saturated carbocycles. The fraction of sp³-hybridized carbons (Fsp3) is 0.200. The van der Waals surface area contributed by atoms with Gasteiger partial charge in [0, 0.05) is 16.6 Å². The summed E-state index contributed by atoms with van der Waals surface area (Å²) in [5, 5.41) is 3.37. The summed E-state index contributed by atoms with van der Waals surface area (Å²) >= 11 is 9.11. The summed E-state index contributed by atoms with van der Waals surface area (Å²) in [5.41, 5.74) is 2.52. The number of hydrogen-bond donors (Lipinski definition) is 1. The molecule has 1 N–H and O–H groups in total. The molecule has 0 atom stereocenters. The molecule has 0 heterocycles. The fourth-order valence-corrected chi connectivity index (χ4v) is 2.29. The van der Waals surface area contributed by atoms with Crippen LogP contribution >= 0.6 is 27.5 Å². The van der Waals surface area contributed by atoms with Gasteiger partial charge in [0.15, 0.2) is 5.82 Å². The van der Waals surface area contributed by atoms with Gasteiger partial charge in [0.1, 0.15) is 0 Å². The molecule has 0 aromatic heterocycles. The minimum atomic E-state index is -0.393. The first-order chi connectivity index (χ1) is 9.13. The van der Waals surface area contributed by atoms with E-state index in [0.29, 0.717) is 10.0 Å². The van der Waals surface area contributed by atoms with Gasteiger partial charge in [0.05, 0.1) is 5.02 Å². The topological polar surface area (TPSA) is 12.0 Å². The van der Waals surface area contributed by atoms with E-state index in [9.17, 15) is 4.39 Å². The summed E-state index contributed by atoms with van der Waals surface area (Å²) in [6.45, 7) is 3.81. The zero-order chi connectivity index (χ0) is 13.8. The Morgan fingerprint density at radius 3 is 2.47 bits per heavy atom. The molecule has 0 unspecified atom stereocenters. The molecule has 0 aliphatic carbocycles. The van der Waals surface area contributed by atoms with Gasteiger partial charge < -0.3 is 5.32 Å². The lowest BCUT2D eigenvalue weighted by Crippen LogP contribution is -2.11. The standard InChI is InChI=1S/C15H14BrClFN/c1-2-19-9-10-3-5-11(6-4-10)12-7-8-13(16)14(17)15(12)18/h3-8,19H,2,9H2,1H3. The average Bonchev–Trinajstić information content (AvgIpc) is 2.44. The van der Waals surface area contributed by atoms with Crippen molar-refractivity contribution in [3.8, 4) is 11.1 Å². The van der Waals surface area contributed by atoms with Crippen molar-refractivity contribution in [2.24, 2.45) is 0 Å². The molecule has 0 aliphatic heterocycles. The van der Waals surface area contributed by atoms with Crippen LogP contribution in [0, 0.1) is 5.82 Å². The lowest BCUT2D eigenvalue weighted by atomic mass is 10.0. The molecule has 19 heavy (non-hydrogen) atoms. The van der Waals surface area contributed by atoms with Gasteiger partial charge in [0.25, 0.3) is 0 Å². The minimum Gasteiger partial charge on any atom is -0.313 e. The van der Waals surface area contributed by atoms with Crippen LogP contribution in [0.4, 0.5) is 4.39 Å². The summed E-state index contributed by atoms with van der Waals surface area (Å²) < 4.78 is 14.6. The number of rotatable bonds is 4. The minimum absolute atomic E-state index is 0.120. The van der Waals surface area contributed by atoms with Crippen molar-refractivity contribution in [1.29, 1.82) is 0 Å². The predicted molar refractivity (Wildman–Crippen MR) is 81.9 cm³/mol. The molecule has 2 rings (SSSR count). The Hall–Kier alpha value is -0.900. The highest BCUT2D eigenvalue weighted by atomic mass is 79.9. The number of hydrogen-bond acceptors (Lipinski definition) is 1. The van der Waals surface area contributed by atoms with E-state index in [4.69, 9.17) is 11.6 Å². The Balaban J connectivity index is 2.30. The molecule has 2 aromatic rings. The Labute approximate surface area is 125 Å². The highest BCUT2D eigenvalue weighted by molar-refractivity contribution is 9.10. The molecule has 1 nitrogen and oxygen atoms in total. The summed E-state index contributed by atoms with van der Waals surface area (Å²) in [6.07, 6.45) is 0. The molecule has 0 spiro atoms. The van der Waals surface area contributed by atoms with E-state index >= 15 is 0 Å². The van der Waals surface area contributed by atoms with Crippen molar-refractivity contribution >= 4 is 27.5 Å². The Bertz CT molecular complexity index is 569. The third-order valence-electron chi connectivity index (χ3n) is 2.88. The van der Waals surface area contributed by atoms with E-state index in [1.54, 1.807) is 12.1 Å². The van der Waals surface area contributed by atoms with E-state index in [1.807, 2.05) is 24.3 Å². The summed E-state index contributed by atoms with van der Waals surface area (Å²) in [6, 6.07) is 11.3. The largest absolute Gasteiger partial charge is 0.313 e. The smallest absolute Gasteiger partial charge is 0.150 e. The van der Waals surface area contributed by atoms with E-state index in [2.05, 4.69) is 28.2 Å². The van der Waals surface area contributed by atoms with Crippen molar-refractivity contribution in [3.63, 3.8) is 0 Å². The molecule has 0 fully saturated rings. The van der Waals surface area contributed by atoms with Gasteiger partial charge >= 0.3 is 0 Å². The third kappa shape index (κ3) is 3.35. The fourth-order valence-electron chi connectivity index (χ4n) is 1.82. The maximum atomic E-state index is 14.1.